The predicted molar refractivity (Wildman–Crippen MR) is 113 cm³/mol. The van der Waals surface area contributed by atoms with Gasteiger partial charge >= 0.3 is 0 Å². The molecular weight excluding hydrogens is 421 g/mol. The van der Waals surface area contributed by atoms with E-state index in [0.717, 1.165) is 18.4 Å². The van der Waals surface area contributed by atoms with Crippen molar-refractivity contribution in [2.45, 2.75) is 31.6 Å². The van der Waals surface area contributed by atoms with Gasteiger partial charge in [-0.25, -0.2) is 8.42 Å². The highest BCUT2D eigenvalue weighted by Gasteiger charge is 2.25. The summed E-state index contributed by atoms with van der Waals surface area (Å²) in [4.78, 5) is 12.6. The van der Waals surface area contributed by atoms with Crippen molar-refractivity contribution >= 4 is 39.1 Å². The van der Waals surface area contributed by atoms with Gasteiger partial charge in [-0.2, -0.15) is 4.31 Å². The molecule has 28 heavy (non-hydrogen) atoms. The van der Waals surface area contributed by atoms with E-state index >= 15 is 0 Å². The lowest BCUT2D eigenvalue weighted by Gasteiger charge is -2.17. The maximum atomic E-state index is 12.6. The number of halogens is 2. The van der Waals surface area contributed by atoms with Gasteiger partial charge in [-0.05, 0) is 36.6 Å². The van der Waals surface area contributed by atoms with E-state index in [1.165, 1.54) is 21.1 Å². The predicted octanol–water partition coefficient (Wildman–Crippen LogP) is 3.73. The monoisotopic (exact) mass is 445 g/mol. The Kier molecular flexibility index (Phi) is 7.95. The van der Waals surface area contributed by atoms with Crippen LogP contribution in [0.3, 0.4) is 0 Å². The smallest absolute Gasteiger partial charge is 0.267 e. The van der Waals surface area contributed by atoms with Crippen molar-refractivity contribution in [3.8, 4) is 0 Å². The minimum atomic E-state index is -3.60. The normalized spacial score (nSPS) is 11.8. The number of nitrogens with one attached hydrogen (secondary N) is 1. The summed E-state index contributed by atoms with van der Waals surface area (Å²) in [5.74, 6) is -0.308. The zero-order valence-corrected chi connectivity index (χ0v) is 18.5. The summed E-state index contributed by atoms with van der Waals surface area (Å²) in [6.07, 6.45) is 2.93. The van der Waals surface area contributed by atoms with Gasteiger partial charge in [-0.15, -0.1) is 0 Å². The largest absolute Gasteiger partial charge is 0.351 e. The van der Waals surface area contributed by atoms with E-state index in [9.17, 15) is 13.2 Å². The molecule has 1 amide bonds. The van der Waals surface area contributed by atoms with Crippen LogP contribution in [0.5, 0.6) is 0 Å². The van der Waals surface area contributed by atoms with E-state index in [1.54, 1.807) is 27.0 Å². The number of amides is 1. The number of rotatable bonds is 9. The van der Waals surface area contributed by atoms with Gasteiger partial charge in [0.05, 0.1) is 10.0 Å². The van der Waals surface area contributed by atoms with Gasteiger partial charge < -0.3 is 9.88 Å². The van der Waals surface area contributed by atoms with Crippen LogP contribution in [-0.4, -0.2) is 42.8 Å². The summed E-state index contributed by atoms with van der Waals surface area (Å²) in [5.41, 5.74) is 1.34. The number of carbonyl (C=O) groups is 1. The molecule has 1 heterocycles. The second-order valence-electron chi connectivity index (χ2n) is 6.37. The average molecular weight is 446 g/mol. The molecule has 0 fully saturated rings. The van der Waals surface area contributed by atoms with Crippen LogP contribution in [0.25, 0.3) is 0 Å². The van der Waals surface area contributed by atoms with Gasteiger partial charge in [0, 0.05) is 32.9 Å². The standard InChI is InChI=1S/C19H25Cl2N3O3S/c1-4-24(5-2)28(26,27)15-12-18(23(3)13-15)19(25)22-10-6-7-14-8-9-16(20)17(21)11-14/h8-9,11-13H,4-7,10H2,1-3H3,(H,22,25). The Balaban J connectivity index is 1.97. The molecule has 0 unspecified atom stereocenters. The van der Waals surface area contributed by atoms with E-state index in [2.05, 4.69) is 5.32 Å². The Bertz CT molecular complexity index is 938. The Morgan fingerprint density at radius 3 is 2.43 bits per heavy atom. The van der Waals surface area contributed by atoms with Crippen LogP contribution >= 0.6 is 23.2 Å². The molecule has 0 saturated heterocycles. The second kappa shape index (κ2) is 9.78. The maximum absolute atomic E-state index is 12.6. The van der Waals surface area contributed by atoms with E-state index in [1.807, 2.05) is 12.1 Å². The SMILES string of the molecule is CCN(CC)S(=O)(=O)c1cc(C(=O)NCCCc2ccc(Cl)c(Cl)c2)n(C)c1. The highest BCUT2D eigenvalue weighted by Crippen LogP contribution is 2.23. The fraction of sp³-hybridized carbons (Fsp3) is 0.421. The highest BCUT2D eigenvalue weighted by atomic mass is 35.5. The second-order valence-corrected chi connectivity index (χ2v) is 9.12. The van der Waals surface area contributed by atoms with Crippen LogP contribution in [0, 0.1) is 0 Å². The fourth-order valence-corrected chi connectivity index (χ4v) is 4.74. The van der Waals surface area contributed by atoms with Crippen molar-refractivity contribution in [1.82, 2.24) is 14.2 Å². The first-order chi connectivity index (χ1) is 13.2. The van der Waals surface area contributed by atoms with Gasteiger partial charge in [0.1, 0.15) is 10.6 Å². The van der Waals surface area contributed by atoms with Crippen LogP contribution in [-0.2, 0) is 23.5 Å². The first-order valence-corrected chi connectivity index (χ1v) is 11.3. The molecule has 1 aromatic heterocycles. The van der Waals surface area contributed by atoms with Crippen molar-refractivity contribution in [2.75, 3.05) is 19.6 Å². The van der Waals surface area contributed by atoms with E-state index in [4.69, 9.17) is 23.2 Å². The van der Waals surface area contributed by atoms with E-state index < -0.39 is 10.0 Å². The fourth-order valence-electron chi connectivity index (χ4n) is 2.89. The molecule has 0 bridgehead atoms. The van der Waals surface area contributed by atoms with Crippen LogP contribution in [0.15, 0.2) is 35.4 Å². The molecule has 0 aliphatic heterocycles. The zero-order valence-electron chi connectivity index (χ0n) is 16.2. The topological polar surface area (TPSA) is 71.4 Å². The Morgan fingerprint density at radius 2 is 1.82 bits per heavy atom. The number of aryl methyl sites for hydroxylation is 2. The molecule has 0 aliphatic carbocycles. The lowest BCUT2D eigenvalue weighted by molar-refractivity contribution is 0.0945. The van der Waals surface area contributed by atoms with Gasteiger partial charge in [-0.3, -0.25) is 4.79 Å². The first kappa shape index (κ1) is 22.7. The number of hydrogen-bond acceptors (Lipinski definition) is 3. The van der Waals surface area contributed by atoms with E-state index in [-0.39, 0.29) is 10.8 Å². The third-order valence-corrected chi connectivity index (χ3v) is 7.22. The summed E-state index contributed by atoms with van der Waals surface area (Å²) < 4.78 is 28.1. The third-order valence-electron chi connectivity index (χ3n) is 4.47. The molecule has 0 aliphatic rings. The molecular formula is C19H25Cl2N3O3S. The molecule has 2 aromatic rings. The van der Waals surface area contributed by atoms with Crippen LogP contribution < -0.4 is 5.32 Å². The summed E-state index contributed by atoms with van der Waals surface area (Å²) in [6, 6.07) is 6.88. The number of nitrogens with zero attached hydrogens (tertiary/aromatic N) is 2. The summed E-state index contributed by atoms with van der Waals surface area (Å²) >= 11 is 11.9. The summed E-state index contributed by atoms with van der Waals surface area (Å²) in [6.45, 7) is 4.79. The van der Waals surface area contributed by atoms with Crippen molar-refractivity contribution in [3.63, 3.8) is 0 Å². The van der Waals surface area contributed by atoms with Crippen LogP contribution in [0.1, 0.15) is 36.3 Å². The van der Waals surface area contributed by atoms with Crippen LogP contribution in [0.4, 0.5) is 0 Å². The number of aromatic nitrogens is 1. The molecule has 1 aromatic carbocycles. The molecule has 0 atom stereocenters. The van der Waals surface area contributed by atoms with Crippen LogP contribution in [0.2, 0.25) is 10.0 Å². The maximum Gasteiger partial charge on any atom is 0.267 e. The number of benzene rings is 1. The highest BCUT2D eigenvalue weighted by molar-refractivity contribution is 7.89. The lowest BCUT2D eigenvalue weighted by Crippen LogP contribution is -2.30. The number of sulfonamides is 1. The molecule has 2 rings (SSSR count). The molecule has 9 heteroatoms. The van der Waals surface area contributed by atoms with Gasteiger partial charge in [0.25, 0.3) is 5.91 Å². The summed E-state index contributed by atoms with van der Waals surface area (Å²) in [5, 5.41) is 3.85. The Morgan fingerprint density at radius 1 is 1.14 bits per heavy atom. The first-order valence-electron chi connectivity index (χ1n) is 9.09. The van der Waals surface area contributed by atoms with Gasteiger partial charge in [0.15, 0.2) is 0 Å². The van der Waals surface area contributed by atoms with Gasteiger partial charge in [0.2, 0.25) is 10.0 Å². The quantitative estimate of drug-likeness (QED) is 0.597. The minimum absolute atomic E-state index is 0.125. The average Bonchev–Trinajstić information content (AvgIpc) is 3.05. The van der Waals surface area contributed by atoms with Gasteiger partial charge in [-0.1, -0.05) is 43.1 Å². The zero-order chi connectivity index (χ0) is 20.9. The Labute approximate surface area is 176 Å². The van der Waals surface area contributed by atoms with Crippen molar-refractivity contribution in [3.05, 3.63) is 51.8 Å². The molecule has 0 saturated carbocycles. The number of hydrogen-bond donors (Lipinski definition) is 1. The molecule has 0 radical (unpaired) electrons. The Hall–Kier alpha value is -1.54. The molecule has 1 N–H and O–H groups in total. The van der Waals surface area contributed by atoms with E-state index in [0.29, 0.717) is 35.4 Å². The van der Waals surface area contributed by atoms with Crippen molar-refractivity contribution in [2.24, 2.45) is 7.05 Å². The summed E-state index contributed by atoms with van der Waals surface area (Å²) in [7, 11) is -1.94. The van der Waals surface area contributed by atoms with Crippen molar-refractivity contribution in [1.29, 1.82) is 0 Å². The lowest BCUT2D eigenvalue weighted by atomic mass is 10.1. The third kappa shape index (κ3) is 5.29. The molecule has 0 spiro atoms. The van der Waals surface area contributed by atoms with Crippen molar-refractivity contribution < 1.29 is 13.2 Å². The molecule has 6 nitrogen and oxygen atoms in total. The number of carbonyl (C=O) groups excluding carboxylic acids is 1. The minimum Gasteiger partial charge on any atom is -0.351 e. The molecule has 154 valence electrons.